The van der Waals surface area contributed by atoms with Gasteiger partial charge in [-0.2, -0.15) is 0 Å². The normalized spacial score (nSPS) is 16.7. The van der Waals surface area contributed by atoms with Crippen molar-refractivity contribution in [3.05, 3.63) is 64.8 Å². The molecule has 8 nitrogen and oxygen atoms in total. The molecule has 1 saturated heterocycles. The summed E-state index contributed by atoms with van der Waals surface area (Å²) in [6.07, 6.45) is 1.35. The summed E-state index contributed by atoms with van der Waals surface area (Å²) < 4.78 is 23.6. The highest BCUT2D eigenvalue weighted by Gasteiger charge is 2.28. The van der Waals surface area contributed by atoms with E-state index in [0.717, 1.165) is 39.9 Å². The first kappa shape index (κ1) is 25.7. The Morgan fingerprint density at radius 2 is 1.83 bits per heavy atom. The number of rotatable bonds is 5. The number of ether oxygens (including phenoxy) is 4. The summed E-state index contributed by atoms with van der Waals surface area (Å²) in [5.74, 6) is 0.410. The van der Waals surface area contributed by atoms with Crippen LogP contribution >= 0.6 is 0 Å². The highest BCUT2D eigenvalue weighted by molar-refractivity contribution is 5.95. The maximum atomic E-state index is 12.9. The lowest BCUT2D eigenvalue weighted by molar-refractivity contribution is -0.0128. The predicted molar refractivity (Wildman–Crippen MR) is 137 cm³/mol. The van der Waals surface area contributed by atoms with E-state index in [1.165, 1.54) is 7.11 Å². The number of hydrogen-bond donors (Lipinski definition) is 0. The highest BCUT2D eigenvalue weighted by Crippen LogP contribution is 2.36. The second kappa shape index (κ2) is 10.3. The molecular formula is C28H34N2O6. The first-order valence-corrected chi connectivity index (χ1v) is 12.0. The lowest BCUT2D eigenvalue weighted by Crippen LogP contribution is -2.39. The molecule has 2 aromatic carbocycles. The lowest BCUT2D eigenvalue weighted by atomic mass is 10.00. The van der Waals surface area contributed by atoms with Crippen molar-refractivity contribution in [1.82, 2.24) is 9.47 Å². The Hall–Kier alpha value is -3.36. The number of carbonyl (C=O) groups excluding carboxylic acids is 2. The van der Waals surface area contributed by atoms with E-state index in [4.69, 9.17) is 18.9 Å². The minimum absolute atomic E-state index is 0.000511. The maximum Gasteiger partial charge on any atom is 0.419 e. The highest BCUT2D eigenvalue weighted by atomic mass is 16.6. The second-order valence-electron chi connectivity index (χ2n) is 9.98. The van der Waals surface area contributed by atoms with E-state index in [9.17, 15) is 9.59 Å². The van der Waals surface area contributed by atoms with Crippen molar-refractivity contribution in [2.75, 3.05) is 34.0 Å². The summed E-state index contributed by atoms with van der Waals surface area (Å²) in [4.78, 5) is 27.1. The van der Waals surface area contributed by atoms with Crippen molar-refractivity contribution in [3.63, 3.8) is 0 Å². The van der Waals surface area contributed by atoms with E-state index < -0.39 is 11.7 Å². The van der Waals surface area contributed by atoms with Crippen molar-refractivity contribution in [1.29, 1.82) is 0 Å². The molecule has 4 rings (SSSR count). The molecule has 3 aromatic rings. The molecule has 0 amide bonds. The van der Waals surface area contributed by atoms with Crippen LogP contribution in [0.25, 0.3) is 10.9 Å². The monoisotopic (exact) mass is 494 g/mol. The van der Waals surface area contributed by atoms with Gasteiger partial charge in [-0.05, 0) is 63.1 Å². The van der Waals surface area contributed by atoms with E-state index in [1.807, 2.05) is 52.0 Å². The van der Waals surface area contributed by atoms with Gasteiger partial charge in [-0.15, -0.1) is 0 Å². The van der Waals surface area contributed by atoms with Crippen molar-refractivity contribution >= 4 is 23.0 Å². The van der Waals surface area contributed by atoms with Crippen molar-refractivity contribution in [2.45, 2.75) is 45.9 Å². The van der Waals surface area contributed by atoms with Crippen molar-refractivity contribution in [3.8, 4) is 5.75 Å². The molecule has 0 bridgehead atoms. The molecule has 0 unspecified atom stereocenters. The van der Waals surface area contributed by atoms with Crippen LogP contribution in [0.2, 0.25) is 0 Å². The minimum Gasteiger partial charge on any atom is -0.496 e. The molecule has 192 valence electrons. The van der Waals surface area contributed by atoms with Gasteiger partial charge in [-0.3, -0.25) is 9.47 Å². The summed E-state index contributed by atoms with van der Waals surface area (Å²) in [6, 6.07) is 11.4. The van der Waals surface area contributed by atoms with Crippen molar-refractivity contribution < 1.29 is 28.5 Å². The zero-order valence-corrected chi connectivity index (χ0v) is 21.8. The average Bonchev–Trinajstić information content (AvgIpc) is 3.31. The predicted octanol–water partition coefficient (Wildman–Crippen LogP) is 5.10. The molecule has 8 heteroatoms. The zero-order valence-electron chi connectivity index (χ0n) is 21.8. The van der Waals surface area contributed by atoms with Crippen LogP contribution in [-0.2, 0) is 20.8 Å². The lowest BCUT2D eigenvalue weighted by Gasteiger charge is -2.36. The summed E-state index contributed by atoms with van der Waals surface area (Å²) in [6.45, 7) is 10.0. The van der Waals surface area contributed by atoms with Gasteiger partial charge < -0.3 is 18.9 Å². The smallest absolute Gasteiger partial charge is 0.419 e. The minimum atomic E-state index is -0.596. The summed E-state index contributed by atoms with van der Waals surface area (Å²) in [5.41, 5.74) is 3.71. The number of fused-ring (bicyclic) bond motifs is 1. The molecule has 0 N–H and O–H groups in total. The van der Waals surface area contributed by atoms with Crippen LogP contribution in [0.15, 0.2) is 42.6 Å². The Balaban J connectivity index is 1.70. The van der Waals surface area contributed by atoms with Gasteiger partial charge in [0.2, 0.25) is 0 Å². The Morgan fingerprint density at radius 3 is 2.47 bits per heavy atom. The van der Waals surface area contributed by atoms with Gasteiger partial charge in [-0.25, -0.2) is 9.59 Å². The van der Waals surface area contributed by atoms with Crippen LogP contribution in [0.3, 0.4) is 0 Å². The largest absolute Gasteiger partial charge is 0.496 e. The van der Waals surface area contributed by atoms with Gasteiger partial charge in [0.15, 0.2) is 0 Å². The van der Waals surface area contributed by atoms with Crippen LogP contribution in [0, 0.1) is 6.92 Å². The fourth-order valence-corrected chi connectivity index (χ4v) is 4.67. The topological polar surface area (TPSA) is 79.2 Å². The molecule has 0 aliphatic carbocycles. The molecule has 1 aliphatic heterocycles. The third kappa shape index (κ3) is 5.24. The Labute approximate surface area is 211 Å². The van der Waals surface area contributed by atoms with Gasteiger partial charge in [-0.1, -0.05) is 12.1 Å². The number of methoxy groups -OCH3 is 2. The van der Waals surface area contributed by atoms with E-state index in [-0.39, 0.29) is 12.0 Å². The third-order valence-electron chi connectivity index (χ3n) is 6.36. The Kier molecular flexibility index (Phi) is 7.38. The van der Waals surface area contributed by atoms with E-state index in [0.29, 0.717) is 25.3 Å². The second-order valence-corrected chi connectivity index (χ2v) is 9.98. The quantitative estimate of drug-likeness (QED) is 0.457. The molecule has 36 heavy (non-hydrogen) atoms. The number of benzene rings is 2. The van der Waals surface area contributed by atoms with Crippen LogP contribution in [0.1, 0.15) is 53.9 Å². The Morgan fingerprint density at radius 1 is 1.11 bits per heavy atom. The number of hydrogen-bond acceptors (Lipinski definition) is 7. The van der Waals surface area contributed by atoms with Gasteiger partial charge in [0.1, 0.15) is 11.4 Å². The molecule has 1 atom stereocenters. The van der Waals surface area contributed by atoms with Crippen LogP contribution in [0.4, 0.5) is 4.79 Å². The van der Waals surface area contributed by atoms with Gasteiger partial charge in [0.25, 0.3) is 0 Å². The van der Waals surface area contributed by atoms with Gasteiger partial charge >= 0.3 is 12.1 Å². The van der Waals surface area contributed by atoms with E-state index >= 15 is 0 Å². The average molecular weight is 495 g/mol. The van der Waals surface area contributed by atoms with E-state index in [2.05, 4.69) is 4.90 Å². The fourth-order valence-electron chi connectivity index (χ4n) is 4.67. The molecule has 1 aromatic heterocycles. The summed E-state index contributed by atoms with van der Waals surface area (Å²) in [5, 5.41) is 0.948. The first-order valence-electron chi connectivity index (χ1n) is 12.0. The molecule has 0 radical (unpaired) electrons. The number of morpholine rings is 1. The zero-order chi connectivity index (χ0) is 26.0. The number of carbonyl (C=O) groups is 2. The molecule has 0 spiro atoms. The molecule has 1 fully saturated rings. The van der Waals surface area contributed by atoms with Crippen LogP contribution in [-0.4, -0.2) is 61.1 Å². The first-order chi connectivity index (χ1) is 17.1. The standard InChI is InChI=1S/C28H34N2O6/c1-18-15-24(33-5)22(21-11-12-30(25(18)21)27(32)36-28(2,3)4)16-29-13-14-35-17-23(29)19-7-9-20(10-8-19)26(31)34-6/h7-12,15,23H,13-14,16-17H2,1-6H3/t23-/m0/s1. The van der Waals surface area contributed by atoms with Crippen molar-refractivity contribution in [2.24, 2.45) is 0 Å². The fraction of sp³-hybridized carbons (Fsp3) is 0.429. The Bertz CT molecular complexity index is 1260. The number of nitrogens with zero attached hydrogens (tertiary/aromatic N) is 2. The molecule has 1 aliphatic rings. The van der Waals surface area contributed by atoms with Crippen LogP contribution < -0.4 is 4.74 Å². The van der Waals surface area contributed by atoms with E-state index in [1.54, 1.807) is 30.0 Å². The molecular weight excluding hydrogens is 460 g/mol. The summed E-state index contributed by atoms with van der Waals surface area (Å²) >= 11 is 0. The number of aromatic nitrogens is 1. The number of esters is 1. The van der Waals surface area contributed by atoms with Gasteiger partial charge in [0.05, 0.1) is 44.6 Å². The molecule has 0 saturated carbocycles. The maximum absolute atomic E-state index is 12.9. The van der Waals surface area contributed by atoms with Crippen LogP contribution in [0.5, 0.6) is 5.75 Å². The summed E-state index contributed by atoms with van der Waals surface area (Å²) in [7, 11) is 3.04. The SMILES string of the molecule is COC(=O)c1ccc([C@@H]2COCCN2Cc2c(OC)cc(C)c3c2ccn3C(=O)OC(C)(C)C)cc1. The van der Waals surface area contributed by atoms with Gasteiger partial charge in [0, 0.05) is 30.2 Å². The third-order valence-corrected chi connectivity index (χ3v) is 6.36. The number of aryl methyl sites for hydroxylation is 1. The molecule has 2 heterocycles.